The van der Waals surface area contributed by atoms with Gasteiger partial charge in [-0.15, -0.1) is 0 Å². The van der Waals surface area contributed by atoms with E-state index in [1.807, 2.05) is 0 Å². The van der Waals surface area contributed by atoms with Crippen LogP contribution in [0.2, 0.25) is 0 Å². The van der Waals surface area contributed by atoms with Gasteiger partial charge in [0.15, 0.2) is 5.82 Å². The molecule has 24 heavy (non-hydrogen) atoms. The summed E-state index contributed by atoms with van der Waals surface area (Å²) in [5, 5.41) is 3.79. The zero-order chi connectivity index (χ0) is 17.1. The second-order valence-electron chi connectivity index (χ2n) is 6.14. The molecular formula is C15H23N5O4. The lowest BCUT2D eigenvalue weighted by Crippen LogP contribution is -2.55. The molecule has 0 radical (unpaired) electrons. The average Bonchev–Trinajstić information content (AvgIpc) is 2.96. The highest BCUT2D eigenvalue weighted by Gasteiger charge is 2.34. The van der Waals surface area contributed by atoms with Crippen LogP contribution in [0, 0.1) is 6.92 Å². The van der Waals surface area contributed by atoms with E-state index in [-0.39, 0.29) is 17.9 Å². The lowest BCUT2D eigenvalue weighted by atomic mass is 10.0. The molecule has 0 saturated carbocycles. The number of ether oxygens (including phenoxy) is 1. The molecule has 1 aromatic rings. The molecule has 132 valence electrons. The summed E-state index contributed by atoms with van der Waals surface area (Å²) in [6, 6.07) is 0. The van der Waals surface area contributed by atoms with Crippen molar-refractivity contribution in [2.45, 2.75) is 19.8 Å². The Morgan fingerprint density at radius 2 is 1.88 bits per heavy atom. The quantitative estimate of drug-likeness (QED) is 0.768. The molecule has 2 amide bonds. The molecule has 0 atom stereocenters. The monoisotopic (exact) mass is 337 g/mol. The Labute approximate surface area is 140 Å². The maximum Gasteiger partial charge on any atom is 0.409 e. The van der Waals surface area contributed by atoms with Gasteiger partial charge in [-0.3, -0.25) is 9.69 Å². The smallest absolute Gasteiger partial charge is 0.409 e. The van der Waals surface area contributed by atoms with Crippen molar-refractivity contribution in [1.82, 2.24) is 24.8 Å². The predicted octanol–water partition coefficient (Wildman–Crippen LogP) is 0.0779. The lowest BCUT2D eigenvalue weighted by Gasteiger charge is -2.39. The van der Waals surface area contributed by atoms with Gasteiger partial charge in [0.1, 0.15) is 0 Å². The van der Waals surface area contributed by atoms with Gasteiger partial charge in [-0.1, -0.05) is 5.16 Å². The van der Waals surface area contributed by atoms with E-state index in [2.05, 4.69) is 15.0 Å². The van der Waals surface area contributed by atoms with Crippen LogP contribution in [0.4, 0.5) is 4.79 Å². The largest absolute Gasteiger partial charge is 0.450 e. The van der Waals surface area contributed by atoms with Crippen LogP contribution in [0.5, 0.6) is 0 Å². The number of piperazine rings is 1. The standard InChI is InChI=1S/C15H23N5O4/c1-3-23-15(22)20-6-4-19(5-7-20)13(21)10-18-8-12(9-18)14-16-11(2)17-24-14/h12H,3-10H2,1-2H3. The molecule has 0 spiro atoms. The predicted molar refractivity (Wildman–Crippen MR) is 83.4 cm³/mol. The van der Waals surface area contributed by atoms with Gasteiger partial charge in [0.25, 0.3) is 0 Å². The first-order valence-electron chi connectivity index (χ1n) is 8.29. The van der Waals surface area contributed by atoms with Crippen LogP contribution >= 0.6 is 0 Å². The fraction of sp³-hybridized carbons (Fsp3) is 0.733. The summed E-state index contributed by atoms with van der Waals surface area (Å²) < 4.78 is 10.1. The minimum absolute atomic E-state index is 0.0960. The van der Waals surface area contributed by atoms with Crippen LogP contribution in [0.1, 0.15) is 24.6 Å². The summed E-state index contributed by atoms with van der Waals surface area (Å²) in [6.45, 7) is 8.01. The summed E-state index contributed by atoms with van der Waals surface area (Å²) in [5.41, 5.74) is 0. The van der Waals surface area contributed by atoms with Gasteiger partial charge in [-0.25, -0.2) is 4.79 Å². The molecule has 9 heteroatoms. The van der Waals surface area contributed by atoms with E-state index in [0.717, 1.165) is 13.1 Å². The number of rotatable bonds is 4. The second-order valence-corrected chi connectivity index (χ2v) is 6.14. The van der Waals surface area contributed by atoms with Gasteiger partial charge >= 0.3 is 6.09 Å². The van der Waals surface area contributed by atoms with Gasteiger partial charge in [0.2, 0.25) is 11.8 Å². The van der Waals surface area contributed by atoms with Crippen molar-refractivity contribution in [3.63, 3.8) is 0 Å². The highest BCUT2D eigenvalue weighted by atomic mass is 16.6. The number of nitrogens with zero attached hydrogens (tertiary/aromatic N) is 5. The zero-order valence-electron chi connectivity index (χ0n) is 14.1. The van der Waals surface area contributed by atoms with Crippen molar-refractivity contribution in [2.24, 2.45) is 0 Å². The third kappa shape index (κ3) is 3.66. The lowest BCUT2D eigenvalue weighted by molar-refractivity contribution is -0.135. The number of hydrogen-bond acceptors (Lipinski definition) is 7. The molecule has 2 aliphatic rings. The molecule has 2 fully saturated rings. The number of aromatic nitrogens is 2. The average molecular weight is 337 g/mol. The minimum atomic E-state index is -0.301. The van der Waals surface area contributed by atoms with Crippen molar-refractivity contribution >= 4 is 12.0 Å². The van der Waals surface area contributed by atoms with E-state index in [4.69, 9.17) is 9.26 Å². The summed E-state index contributed by atoms with van der Waals surface area (Å²) in [7, 11) is 0. The maximum absolute atomic E-state index is 12.3. The molecule has 2 saturated heterocycles. The molecule has 3 heterocycles. The first-order valence-corrected chi connectivity index (χ1v) is 8.29. The fourth-order valence-corrected chi connectivity index (χ4v) is 2.98. The van der Waals surface area contributed by atoms with Crippen LogP contribution in [0.25, 0.3) is 0 Å². The summed E-state index contributed by atoms with van der Waals surface area (Å²) in [4.78, 5) is 33.8. The van der Waals surface area contributed by atoms with Gasteiger partial charge in [-0.2, -0.15) is 4.98 Å². The Bertz CT molecular complexity index is 590. The van der Waals surface area contributed by atoms with E-state index in [1.165, 1.54) is 0 Å². The van der Waals surface area contributed by atoms with Crippen LogP contribution in [0.3, 0.4) is 0 Å². The van der Waals surface area contributed by atoms with Crippen LogP contribution in [-0.2, 0) is 9.53 Å². The van der Waals surface area contributed by atoms with E-state index < -0.39 is 0 Å². The third-order valence-corrected chi connectivity index (χ3v) is 4.37. The fourth-order valence-electron chi connectivity index (χ4n) is 2.98. The summed E-state index contributed by atoms with van der Waals surface area (Å²) >= 11 is 0. The Hall–Kier alpha value is -2.16. The first kappa shape index (κ1) is 16.7. The maximum atomic E-state index is 12.3. The number of carbonyl (C=O) groups is 2. The molecular weight excluding hydrogens is 314 g/mol. The van der Waals surface area contributed by atoms with E-state index in [1.54, 1.807) is 23.6 Å². The zero-order valence-corrected chi connectivity index (χ0v) is 14.1. The van der Waals surface area contributed by atoms with Crippen LogP contribution in [-0.4, -0.2) is 89.3 Å². The third-order valence-electron chi connectivity index (χ3n) is 4.37. The minimum Gasteiger partial charge on any atom is -0.450 e. The SMILES string of the molecule is CCOC(=O)N1CCN(C(=O)CN2CC(c3nc(C)no3)C2)CC1. The Kier molecular flexibility index (Phi) is 4.98. The summed E-state index contributed by atoms with van der Waals surface area (Å²) in [6.07, 6.45) is -0.301. The van der Waals surface area contributed by atoms with Crippen molar-refractivity contribution in [1.29, 1.82) is 0 Å². The molecule has 0 N–H and O–H groups in total. The van der Waals surface area contributed by atoms with Gasteiger partial charge in [-0.05, 0) is 13.8 Å². The van der Waals surface area contributed by atoms with Crippen molar-refractivity contribution in [3.05, 3.63) is 11.7 Å². The van der Waals surface area contributed by atoms with Gasteiger partial charge < -0.3 is 19.1 Å². The number of likely N-dealkylation sites (tertiary alicyclic amines) is 1. The molecule has 0 aromatic carbocycles. The van der Waals surface area contributed by atoms with Crippen molar-refractivity contribution in [2.75, 3.05) is 52.4 Å². The molecule has 2 aliphatic heterocycles. The molecule has 3 rings (SSSR count). The molecule has 0 aliphatic carbocycles. The molecule has 0 bridgehead atoms. The van der Waals surface area contributed by atoms with Crippen LogP contribution in [0.15, 0.2) is 4.52 Å². The second kappa shape index (κ2) is 7.16. The normalized spacial score (nSPS) is 19.2. The molecule has 0 unspecified atom stereocenters. The Balaban J connectivity index is 1.39. The number of hydrogen-bond donors (Lipinski definition) is 0. The number of aryl methyl sites for hydroxylation is 1. The highest BCUT2D eigenvalue weighted by Crippen LogP contribution is 2.25. The Morgan fingerprint density at radius 3 is 2.46 bits per heavy atom. The van der Waals surface area contributed by atoms with Crippen molar-refractivity contribution in [3.8, 4) is 0 Å². The molecule has 9 nitrogen and oxygen atoms in total. The first-order chi connectivity index (χ1) is 11.6. The highest BCUT2D eigenvalue weighted by molar-refractivity contribution is 5.79. The van der Waals surface area contributed by atoms with Crippen LogP contribution < -0.4 is 0 Å². The Morgan fingerprint density at radius 1 is 1.21 bits per heavy atom. The molecule has 1 aromatic heterocycles. The van der Waals surface area contributed by atoms with E-state index in [9.17, 15) is 9.59 Å². The van der Waals surface area contributed by atoms with Gasteiger partial charge in [0, 0.05) is 39.3 Å². The van der Waals surface area contributed by atoms with Crippen molar-refractivity contribution < 1.29 is 18.8 Å². The van der Waals surface area contributed by atoms with E-state index >= 15 is 0 Å². The van der Waals surface area contributed by atoms with Gasteiger partial charge in [0.05, 0.1) is 19.1 Å². The number of amides is 2. The van der Waals surface area contributed by atoms with E-state index in [0.29, 0.717) is 51.0 Å². The number of carbonyl (C=O) groups excluding carboxylic acids is 2. The summed E-state index contributed by atoms with van der Waals surface area (Å²) in [5.74, 6) is 1.61. The topological polar surface area (TPSA) is 92.0 Å².